The van der Waals surface area contributed by atoms with Gasteiger partial charge in [-0.3, -0.25) is 4.79 Å². The molecule has 1 fully saturated rings. The summed E-state index contributed by atoms with van der Waals surface area (Å²) in [5, 5.41) is 8.04. The highest BCUT2D eigenvalue weighted by molar-refractivity contribution is 7.89. The van der Waals surface area contributed by atoms with E-state index in [9.17, 15) is 13.2 Å². The number of carbonyl (C=O) groups is 1. The molecule has 0 atom stereocenters. The van der Waals surface area contributed by atoms with E-state index in [0.717, 1.165) is 18.4 Å². The number of primary sulfonamides is 1. The Bertz CT molecular complexity index is 661. The Morgan fingerprint density at radius 1 is 1.38 bits per heavy atom. The van der Waals surface area contributed by atoms with Gasteiger partial charge < -0.3 is 5.32 Å². The fourth-order valence-corrected chi connectivity index (χ4v) is 3.03. The Hall–Kier alpha value is -1.40. The molecule has 1 aromatic rings. The second kappa shape index (κ2) is 5.42. The van der Waals surface area contributed by atoms with Crippen molar-refractivity contribution < 1.29 is 13.2 Å². The smallest absolute Gasteiger partial charge is 0.251 e. The van der Waals surface area contributed by atoms with Crippen molar-refractivity contribution >= 4 is 15.9 Å². The summed E-state index contributed by atoms with van der Waals surface area (Å²) in [7, 11) is -3.80. The maximum absolute atomic E-state index is 12.3. The molecule has 5 nitrogen and oxygen atoms in total. The average molecular weight is 310 g/mol. The van der Waals surface area contributed by atoms with Crippen LogP contribution in [-0.2, 0) is 10.0 Å². The fraction of sp³-hybridized carbons (Fsp3) is 0.533. The van der Waals surface area contributed by atoms with E-state index in [2.05, 4.69) is 19.2 Å². The van der Waals surface area contributed by atoms with Crippen LogP contribution in [0.4, 0.5) is 0 Å². The van der Waals surface area contributed by atoms with Crippen LogP contribution in [0.5, 0.6) is 0 Å². The van der Waals surface area contributed by atoms with Gasteiger partial charge in [-0.25, -0.2) is 13.6 Å². The molecule has 0 heterocycles. The van der Waals surface area contributed by atoms with Gasteiger partial charge in [0.15, 0.2) is 0 Å². The van der Waals surface area contributed by atoms with E-state index < -0.39 is 10.0 Å². The van der Waals surface area contributed by atoms with Crippen LogP contribution < -0.4 is 10.5 Å². The van der Waals surface area contributed by atoms with Crippen LogP contribution in [-0.4, -0.2) is 20.9 Å². The zero-order chi connectivity index (χ0) is 15.8. The third-order valence-electron chi connectivity index (χ3n) is 4.50. The molecule has 1 saturated carbocycles. The lowest BCUT2D eigenvalue weighted by atomic mass is 9.92. The molecule has 0 aromatic heterocycles. The lowest BCUT2D eigenvalue weighted by molar-refractivity contribution is 0.0939. The molecule has 1 amide bonds. The van der Waals surface area contributed by atoms with Gasteiger partial charge in [0.2, 0.25) is 10.0 Å². The average Bonchev–Trinajstić information content (AvgIpc) is 3.16. The lowest BCUT2D eigenvalue weighted by Crippen LogP contribution is -2.33. The molecule has 0 unspecified atom stereocenters. The van der Waals surface area contributed by atoms with Crippen LogP contribution in [0, 0.1) is 18.3 Å². The normalized spacial score (nSPS) is 16.8. The van der Waals surface area contributed by atoms with E-state index in [4.69, 9.17) is 5.14 Å². The van der Waals surface area contributed by atoms with Gasteiger partial charge in [-0.15, -0.1) is 0 Å². The predicted molar refractivity (Wildman–Crippen MR) is 81.4 cm³/mol. The number of nitrogens with two attached hydrogens (primary N) is 1. The molecular weight excluding hydrogens is 288 g/mol. The molecule has 0 spiro atoms. The van der Waals surface area contributed by atoms with Crippen LogP contribution in [0.15, 0.2) is 23.1 Å². The number of hydrogen-bond donors (Lipinski definition) is 2. The second-order valence-electron chi connectivity index (χ2n) is 6.22. The minimum Gasteiger partial charge on any atom is -0.351 e. The molecule has 0 aliphatic heterocycles. The van der Waals surface area contributed by atoms with Crippen molar-refractivity contribution in [3.05, 3.63) is 29.3 Å². The number of sulfonamides is 1. The van der Waals surface area contributed by atoms with Gasteiger partial charge in [0.1, 0.15) is 0 Å². The molecule has 0 saturated heterocycles. The van der Waals surface area contributed by atoms with Crippen molar-refractivity contribution in [2.24, 2.45) is 16.5 Å². The highest BCUT2D eigenvalue weighted by Gasteiger charge is 2.45. The monoisotopic (exact) mass is 310 g/mol. The van der Waals surface area contributed by atoms with Gasteiger partial charge in [-0.05, 0) is 48.8 Å². The zero-order valence-corrected chi connectivity index (χ0v) is 13.5. The second-order valence-corrected chi connectivity index (χ2v) is 7.78. The molecule has 0 radical (unpaired) electrons. The first-order valence-electron chi connectivity index (χ1n) is 7.07. The minimum absolute atomic E-state index is 0.0387. The Morgan fingerprint density at radius 2 is 2.00 bits per heavy atom. The predicted octanol–water partition coefficient (Wildman–Crippen LogP) is 1.81. The molecule has 1 aromatic carbocycles. The van der Waals surface area contributed by atoms with Crippen molar-refractivity contribution in [3.63, 3.8) is 0 Å². The van der Waals surface area contributed by atoms with E-state index in [1.54, 1.807) is 13.0 Å². The maximum Gasteiger partial charge on any atom is 0.251 e. The highest BCUT2D eigenvalue weighted by Crippen LogP contribution is 2.51. The van der Waals surface area contributed by atoms with Gasteiger partial charge in [0, 0.05) is 12.1 Å². The summed E-state index contributed by atoms with van der Waals surface area (Å²) < 4.78 is 22.8. The summed E-state index contributed by atoms with van der Waals surface area (Å²) in [5.41, 5.74) is 1.30. The highest BCUT2D eigenvalue weighted by atomic mass is 32.2. The molecule has 2 rings (SSSR count). The summed E-state index contributed by atoms with van der Waals surface area (Å²) in [5.74, 6) is 0.277. The van der Waals surface area contributed by atoms with E-state index in [1.807, 2.05) is 0 Å². The minimum atomic E-state index is -3.80. The fourth-order valence-electron chi connectivity index (χ4n) is 2.49. The van der Waals surface area contributed by atoms with E-state index >= 15 is 0 Å². The molecule has 3 N–H and O–H groups in total. The van der Waals surface area contributed by atoms with Gasteiger partial charge in [0.25, 0.3) is 5.91 Å². The summed E-state index contributed by atoms with van der Waals surface area (Å²) in [6.45, 7) is 6.72. The first-order chi connectivity index (χ1) is 9.66. The number of nitrogens with one attached hydrogen (secondary N) is 1. The zero-order valence-electron chi connectivity index (χ0n) is 12.6. The van der Waals surface area contributed by atoms with Crippen LogP contribution in [0.25, 0.3) is 0 Å². The van der Waals surface area contributed by atoms with E-state index in [0.29, 0.717) is 18.0 Å². The lowest BCUT2D eigenvalue weighted by Gasteiger charge is -2.20. The number of hydrogen-bond acceptors (Lipinski definition) is 3. The van der Waals surface area contributed by atoms with Gasteiger partial charge in [-0.1, -0.05) is 19.9 Å². The molecule has 1 aliphatic carbocycles. The van der Waals surface area contributed by atoms with E-state index in [-0.39, 0.29) is 16.2 Å². The van der Waals surface area contributed by atoms with Crippen LogP contribution in [0.1, 0.15) is 42.6 Å². The molecule has 21 heavy (non-hydrogen) atoms. The number of aryl methyl sites for hydroxylation is 1. The van der Waals surface area contributed by atoms with Gasteiger partial charge in [0.05, 0.1) is 4.90 Å². The molecular formula is C15H22N2O3S. The van der Waals surface area contributed by atoms with Crippen molar-refractivity contribution in [2.75, 3.05) is 6.54 Å². The largest absolute Gasteiger partial charge is 0.351 e. The van der Waals surface area contributed by atoms with Gasteiger partial charge in [-0.2, -0.15) is 0 Å². The van der Waals surface area contributed by atoms with Gasteiger partial charge >= 0.3 is 0 Å². The van der Waals surface area contributed by atoms with E-state index in [1.165, 1.54) is 12.1 Å². The van der Waals surface area contributed by atoms with Crippen molar-refractivity contribution in [1.82, 2.24) is 5.32 Å². The SMILES string of the molecule is Cc1ccc(S(N)(=O)=O)cc1C(=O)NCC1(C(C)C)CC1. The number of carbonyl (C=O) groups excluding carboxylic acids is 1. The maximum atomic E-state index is 12.3. The summed E-state index contributed by atoms with van der Waals surface area (Å²) >= 11 is 0. The first kappa shape index (κ1) is 16.0. The summed E-state index contributed by atoms with van der Waals surface area (Å²) in [6.07, 6.45) is 2.25. The Kier molecular flexibility index (Phi) is 4.13. The molecule has 6 heteroatoms. The van der Waals surface area contributed by atoms with Crippen molar-refractivity contribution in [1.29, 1.82) is 0 Å². The van der Waals surface area contributed by atoms with Crippen molar-refractivity contribution in [3.8, 4) is 0 Å². The topological polar surface area (TPSA) is 89.3 Å². The molecule has 1 aliphatic rings. The van der Waals surface area contributed by atoms with Crippen LogP contribution in [0.2, 0.25) is 0 Å². The molecule has 116 valence electrons. The van der Waals surface area contributed by atoms with Crippen LogP contribution >= 0.6 is 0 Å². The molecule has 0 bridgehead atoms. The van der Waals surface area contributed by atoms with Crippen molar-refractivity contribution in [2.45, 2.75) is 38.5 Å². The number of rotatable bonds is 5. The third kappa shape index (κ3) is 3.44. The third-order valence-corrected chi connectivity index (χ3v) is 5.41. The first-order valence-corrected chi connectivity index (χ1v) is 8.62. The quantitative estimate of drug-likeness (QED) is 0.869. The van der Waals surface area contributed by atoms with Crippen LogP contribution in [0.3, 0.4) is 0 Å². The Morgan fingerprint density at radius 3 is 2.48 bits per heavy atom. The number of amides is 1. The standard InChI is InChI=1S/C15H22N2O3S/c1-10(2)15(6-7-15)9-17-14(18)13-8-12(21(16,19)20)5-4-11(13)3/h4-5,8,10H,6-7,9H2,1-3H3,(H,17,18)(H2,16,19,20). The number of benzene rings is 1. The summed E-state index contributed by atoms with van der Waals surface area (Å²) in [4.78, 5) is 12.3. The summed E-state index contributed by atoms with van der Waals surface area (Å²) in [6, 6.07) is 4.36. The Balaban J connectivity index is 2.16. The Labute approximate surface area is 126 Å².